The smallest absolute Gasteiger partial charge is 0.353 e. The van der Waals surface area contributed by atoms with Gasteiger partial charge in [-0.05, 0) is 57.3 Å². The van der Waals surface area contributed by atoms with Crippen LogP contribution in [-0.2, 0) is 22.6 Å². The Labute approximate surface area is 211 Å². The zero-order valence-electron chi connectivity index (χ0n) is 21.3. The lowest BCUT2D eigenvalue weighted by Crippen LogP contribution is -2.32. The van der Waals surface area contributed by atoms with E-state index in [1.807, 2.05) is 38.1 Å². The molecule has 196 valence electrons. The second-order valence-corrected chi connectivity index (χ2v) is 9.00. The Morgan fingerprint density at radius 1 is 1.19 bits per heavy atom. The van der Waals surface area contributed by atoms with Gasteiger partial charge in [0.1, 0.15) is 6.54 Å². The quantitative estimate of drug-likeness (QED) is 0.246. The Morgan fingerprint density at radius 2 is 1.86 bits per heavy atom. The van der Waals surface area contributed by atoms with Crippen LogP contribution in [0, 0.1) is 10.1 Å². The highest BCUT2D eigenvalue weighted by atomic mass is 16.6. The van der Waals surface area contributed by atoms with Crippen LogP contribution in [0.2, 0.25) is 0 Å². The molecule has 1 aromatic heterocycles. The van der Waals surface area contributed by atoms with Gasteiger partial charge >= 0.3 is 17.7 Å². The molecule has 36 heavy (non-hydrogen) atoms. The van der Waals surface area contributed by atoms with Crippen molar-refractivity contribution in [1.82, 2.24) is 14.9 Å². The number of ether oxygens (including phenoxy) is 2. The number of nitrogens with zero attached hydrogens (tertiary/aromatic N) is 5. The van der Waals surface area contributed by atoms with E-state index in [9.17, 15) is 14.9 Å². The minimum Gasteiger partial charge on any atom is -0.465 e. The van der Waals surface area contributed by atoms with E-state index in [-0.39, 0.29) is 43.4 Å². The Bertz CT molecular complexity index is 1030. The number of nitro groups is 1. The van der Waals surface area contributed by atoms with E-state index < -0.39 is 16.6 Å². The Kier molecular flexibility index (Phi) is 9.80. The van der Waals surface area contributed by atoms with Gasteiger partial charge in [0.2, 0.25) is 11.6 Å². The first kappa shape index (κ1) is 27.1. The molecular formula is C25H36N6O5. The molecule has 3 rings (SSSR count). The molecule has 2 aromatic rings. The summed E-state index contributed by atoms with van der Waals surface area (Å²) in [6, 6.07) is 7.94. The summed E-state index contributed by atoms with van der Waals surface area (Å²) < 4.78 is 10.9. The van der Waals surface area contributed by atoms with Crippen LogP contribution in [0.1, 0.15) is 57.6 Å². The molecule has 1 fully saturated rings. The van der Waals surface area contributed by atoms with Crippen LogP contribution in [0.4, 0.5) is 17.3 Å². The third-order valence-corrected chi connectivity index (χ3v) is 5.98. The van der Waals surface area contributed by atoms with E-state index in [0.717, 1.165) is 38.0 Å². The minimum absolute atomic E-state index is 0.0659. The number of aromatic nitrogens is 2. The van der Waals surface area contributed by atoms with E-state index in [1.165, 1.54) is 23.3 Å². The molecule has 0 bridgehead atoms. The number of esters is 1. The van der Waals surface area contributed by atoms with Crippen molar-refractivity contribution >= 4 is 23.3 Å². The van der Waals surface area contributed by atoms with Gasteiger partial charge in [0.05, 0.1) is 17.6 Å². The van der Waals surface area contributed by atoms with Crippen LogP contribution < -0.4 is 15.4 Å². The van der Waals surface area contributed by atoms with Crippen LogP contribution in [0.25, 0.3) is 0 Å². The summed E-state index contributed by atoms with van der Waals surface area (Å²) >= 11 is 0. The molecule has 1 atom stereocenters. The van der Waals surface area contributed by atoms with Gasteiger partial charge in [0, 0.05) is 13.1 Å². The average molecular weight is 501 g/mol. The summed E-state index contributed by atoms with van der Waals surface area (Å²) in [5.41, 5.74) is 7.55. The van der Waals surface area contributed by atoms with Crippen molar-refractivity contribution < 1.29 is 19.2 Å². The largest absolute Gasteiger partial charge is 0.465 e. The molecule has 2 N–H and O–H groups in total. The highest BCUT2D eigenvalue weighted by molar-refractivity contribution is 5.78. The number of hydrogen-bond donors (Lipinski definition) is 1. The molecule has 1 aromatic carbocycles. The Hall–Kier alpha value is -3.47. The fraction of sp³-hybridized carbons (Fsp3) is 0.560. The maximum atomic E-state index is 12.4. The number of anilines is 2. The van der Waals surface area contributed by atoms with Gasteiger partial charge in [0.15, 0.2) is 0 Å². The zero-order chi connectivity index (χ0) is 26.1. The number of carbonyl (C=O) groups is 1. The molecule has 0 amide bonds. The van der Waals surface area contributed by atoms with Gasteiger partial charge in [-0.1, -0.05) is 37.6 Å². The Balaban J connectivity index is 1.91. The fourth-order valence-corrected chi connectivity index (χ4v) is 4.27. The number of likely N-dealkylation sites (tertiary alicyclic amines) is 1. The highest BCUT2D eigenvalue weighted by Gasteiger charge is 2.30. The number of nitrogens with two attached hydrogens (primary N) is 1. The Morgan fingerprint density at radius 3 is 2.47 bits per heavy atom. The lowest BCUT2D eigenvalue weighted by Gasteiger charge is -2.24. The standard InChI is InChI=1S/C25H36N6O5/c1-4-8-18(3)36-25-27-23(26)22(31(33)34)24(28-25)30(17-21(32)35-5-2)16-20-11-9-19(10-12-20)15-29-13-6-7-14-29/h9-12,18H,4-8,13-17H2,1-3H3,(H2,26,27,28). The van der Waals surface area contributed by atoms with Crippen LogP contribution >= 0.6 is 0 Å². The maximum absolute atomic E-state index is 12.4. The molecular weight excluding hydrogens is 464 g/mol. The van der Waals surface area contributed by atoms with E-state index in [1.54, 1.807) is 6.92 Å². The predicted octanol–water partition coefficient (Wildman–Crippen LogP) is 3.70. The van der Waals surface area contributed by atoms with Gasteiger partial charge in [-0.3, -0.25) is 19.8 Å². The number of benzene rings is 1. The minimum atomic E-state index is -0.638. The summed E-state index contributed by atoms with van der Waals surface area (Å²) in [5, 5.41) is 11.9. The highest BCUT2D eigenvalue weighted by Crippen LogP contribution is 2.34. The maximum Gasteiger partial charge on any atom is 0.353 e. The summed E-state index contributed by atoms with van der Waals surface area (Å²) in [6.45, 7) is 8.82. The third-order valence-electron chi connectivity index (χ3n) is 5.98. The molecule has 2 heterocycles. The van der Waals surface area contributed by atoms with Crippen LogP contribution in [0.15, 0.2) is 24.3 Å². The van der Waals surface area contributed by atoms with Crippen molar-refractivity contribution in [3.63, 3.8) is 0 Å². The van der Waals surface area contributed by atoms with Crippen molar-refractivity contribution in [3.05, 3.63) is 45.5 Å². The van der Waals surface area contributed by atoms with Crippen LogP contribution in [-0.4, -0.2) is 58.1 Å². The van der Waals surface area contributed by atoms with Crippen molar-refractivity contribution in [3.8, 4) is 6.01 Å². The predicted molar refractivity (Wildman–Crippen MR) is 137 cm³/mol. The van der Waals surface area contributed by atoms with Crippen LogP contribution in [0.3, 0.4) is 0 Å². The number of carbonyl (C=O) groups excluding carboxylic acids is 1. The van der Waals surface area contributed by atoms with Gasteiger partial charge in [-0.25, -0.2) is 0 Å². The van der Waals surface area contributed by atoms with E-state index in [0.29, 0.717) is 0 Å². The van der Waals surface area contributed by atoms with E-state index >= 15 is 0 Å². The molecule has 0 radical (unpaired) electrons. The lowest BCUT2D eigenvalue weighted by molar-refractivity contribution is -0.383. The van der Waals surface area contributed by atoms with E-state index in [2.05, 4.69) is 14.9 Å². The molecule has 1 aliphatic heterocycles. The second-order valence-electron chi connectivity index (χ2n) is 9.00. The topological polar surface area (TPSA) is 137 Å². The van der Waals surface area contributed by atoms with E-state index in [4.69, 9.17) is 15.2 Å². The second kappa shape index (κ2) is 13.0. The third kappa shape index (κ3) is 7.51. The fourth-order valence-electron chi connectivity index (χ4n) is 4.27. The molecule has 0 aliphatic carbocycles. The first-order valence-corrected chi connectivity index (χ1v) is 12.5. The lowest BCUT2D eigenvalue weighted by atomic mass is 10.1. The van der Waals surface area contributed by atoms with Crippen LogP contribution in [0.5, 0.6) is 6.01 Å². The molecule has 0 spiro atoms. The zero-order valence-corrected chi connectivity index (χ0v) is 21.3. The van der Waals surface area contributed by atoms with Gasteiger partial charge in [-0.2, -0.15) is 9.97 Å². The SMILES string of the molecule is CCCC(C)Oc1nc(N)c([N+](=O)[O-])c(N(CC(=O)OCC)Cc2ccc(CN3CCCC3)cc2)n1. The van der Waals surface area contributed by atoms with Crippen molar-refractivity contribution in [2.45, 2.75) is 65.6 Å². The first-order chi connectivity index (χ1) is 17.3. The van der Waals surface area contributed by atoms with Gasteiger partial charge in [0.25, 0.3) is 0 Å². The van der Waals surface area contributed by atoms with Crippen molar-refractivity contribution in [1.29, 1.82) is 0 Å². The molecule has 1 unspecified atom stereocenters. The molecule has 1 aliphatic rings. The van der Waals surface area contributed by atoms with Gasteiger partial charge < -0.3 is 20.1 Å². The summed E-state index contributed by atoms with van der Waals surface area (Å²) in [7, 11) is 0. The number of nitrogen functional groups attached to an aromatic ring is 1. The number of rotatable bonds is 13. The summed E-state index contributed by atoms with van der Waals surface area (Å²) in [5.74, 6) is -0.935. The average Bonchev–Trinajstić information content (AvgIpc) is 3.32. The molecule has 11 nitrogen and oxygen atoms in total. The number of hydrogen-bond acceptors (Lipinski definition) is 10. The molecule has 1 saturated heterocycles. The summed E-state index contributed by atoms with van der Waals surface area (Å²) in [4.78, 5) is 35.9. The monoisotopic (exact) mass is 500 g/mol. The van der Waals surface area contributed by atoms with Crippen molar-refractivity contribution in [2.75, 3.05) is 36.9 Å². The normalized spacial score (nSPS) is 14.4. The van der Waals surface area contributed by atoms with Gasteiger partial charge in [-0.15, -0.1) is 0 Å². The molecule has 11 heteroatoms. The van der Waals surface area contributed by atoms with Crippen molar-refractivity contribution in [2.24, 2.45) is 0 Å². The first-order valence-electron chi connectivity index (χ1n) is 12.5. The molecule has 0 saturated carbocycles. The summed E-state index contributed by atoms with van der Waals surface area (Å²) in [6.07, 6.45) is 3.89.